The number of nitrogens with zero attached hydrogens (tertiary/aromatic N) is 1. The van der Waals surface area contributed by atoms with E-state index >= 15 is 0 Å². The Bertz CT molecular complexity index is 367. The van der Waals surface area contributed by atoms with Crippen LogP contribution in [0.3, 0.4) is 0 Å². The summed E-state index contributed by atoms with van der Waals surface area (Å²) in [5, 5.41) is 0. The molecule has 0 aliphatic rings. The van der Waals surface area contributed by atoms with E-state index in [1.165, 1.54) is 7.11 Å². The van der Waals surface area contributed by atoms with Crippen LogP contribution in [-0.4, -0.2) is 30.2 Å². The van der Waals surface area contributed by atoms with Gasteiger partial charge in [-0.2, -0.15) is 0 Å². The lowest BCUT2D eigenvalue weighted by Crippen LogP contribution is -2.08. The van der Waals surface area contributed by atoms with Crippen LogP contribution in [-0.2, 0) is 25.6 Å². The molecule has 5 nitrogen and oxygen atoms in total. The van der Waals surface area contributed by atoms with Gasteiger partial charge in [0.2, 0.25) is 0 Å². The average molecular weight is 223 g/mol. The molecule has 16 heavy (non-hydrogen) atoms. The quantitative estimate of drug-likeness (QED) is 0.546. The fraction of sp³-hybridized carbons (Fsp3) is 0.273. The SMILES string of the molecule is COC(=O)C=CC(=O)OCCn1cccc1. The van der Waals surface area contributed by atoms with Crippen LogP contribution in [0.15, 0.2) is 36.7 Å². The van der Waals surface area contributed by atoms with E-state index in [-0.39, 0.29) is 6.61 Å². The first-order chi connectivity index (χ1) is 7.72. The zero-order valence-corrected chi connectivity index (χ0v) is 8.96. The number of aromatic nitrogens is 1. The van der Waals surface area contributed by atoms with Crippen LogP contribution in [0.2, 0.25) is 0 Å². The second-order valence-electron chi connectivity index (χ2n) is 2.94. The van der Waals surface area contributed by atoms with Crippen molar-refractivity contribution in [2.24, 2.45) is 0 Å². The number of ether oxygens (including phenoxy) is 2. The van der Waals surface area contributed by atoms with Crippen LogP contribution < -0.4 is 0 Å². The monoisotopic (exact) mass is 223 g/mol. The van der Waals surface area contributed by atoms with Gasteiger partial charge in [-0.1, -0.05) is 0 Å². The van der Waals surface area contributed by atoms with E-state index in [1.54, 1.807) is 0 Å². The first-order valence-corrected chi connectivity index (χ1v) is 4.76. The van der Waals surface area contributed by atoms with E-state index in [9.17, 15) is 9.59 Å². The minimum atomic E-state index is -0.581. The molecule has 0 N–H and O–H groups in total. The molecule has 5 heteroatoms. The Balaban J connectivity index is 2.20. The van der Waals surface area contributed by atoms with Crippen molar-refractivity contribution < 1.29 is 19.1 Å². The molecule has 0 fully saturated rings. The van der Waals surface area contributed by atoms with Gasteiger partial charge in [-0.3, -0.25) is 0 Å². The van der Waals surface area contributed by atoms with Crippen molar-refractivity contribution in [2.75, 3.05) is 13.7 Å². The highest BCUT2D eigenvalue weighted by molar-refractivity contribution is 5.91. The zero-order valence-electron chi connectivity index (χ0n) is 8.96. The molecule has 1 aromatic rings. The Morgan fingerprint density at radius 3 is 2.44 bits per heavy atom. The molecular weight excluding hydrogens is 210 g/mol. The van der Waals surface area contributed by atoms with Gasteiger partial charge in [0.15, 0.2) is 0 Å². The smallest absolute Gasteiger partial charge is 0.331 e. The summed E-state index contributed by atoms with van der Waals surface area (Å²) in [6.07, 6.45) is 5.82. The fourth-order valence-electron chi connectivity index (χ4n) is 1.02. The molecule has 0 bridgehead atoms. The molecule has 0 aromatic carbocycles. The lowest BCUT2D eigenvalue weighted by atomic mass is 10.5. The van der Waals surface area contributed by atoms with E-state index < -0.39 is 11.9 Å². The van der Waals surface area contributed by atoms with Crippen molar-refractivity contribution in [1.82, 2.24) is 4.57 Å². The highest BCUT2D eigenvalue weighted by Gasteiger charge is 1.99. The number of rotatable bonds is 5. The first kappa shape index (κ1) is 12.0. The first-order valence-electron chi connectivity index (χ1n) is 4.76. The molecule has 0 aliphatic heterocycles. The number of methoxy groups -OCH3 is 1. The van der Waals surface area contributed by atoms with Gasteiger partial charge in [-0.15, -0.1) is 0 Å². The molecule has 1 aromatic heterocycles. The molecule has 0 amide bonds. The number of carbonyl (C=O) groups is 2. The maximum Gasteiger partial charge on any atom is 0.331 e. The Kier molecular flexibility index (Phi) is 4.85. The Morgan fingerprint density at radius 1 is 1.19 bits per heavy atom. The van der Waals surface area contributed by atoms with Crippen LogP contribution in [0.5, 0.6) is 0 Å². The summed E-state index contributed by atoms with van der Waals surface area (Å²) in [4.78, 5) is 21.7. The molecule has 1 rings (SSSR count). The van der Waals surface area contributed by atoms with Gasteiger partial charge in [0, 0.05) is 24.5 Å². The van der Waals surface area contributed by atoms with Crippen molar-refractivity contribution >= 4 is 11.9 Å². The lowest BCUT2D eigenvalue weighted by Gasteiger charge is -2.02. The van der Waals surface area contributed by atoms with Gasteiger partial charge in [0.25, 0.3) is 0 Å². The van der Waals surface area contributed by atoms with Crippen LogP contribution in [0.25, 0.3) is 0 Å². The van der Waals surface area contributed by atoms with Crippen molar-refractivity contribution in [3.63, 3.8) is 0 Å². The van der Waals surface area contributed by atoms with Crippen molar-refractivity contribution in [1.29, 1.82) is 0 Å². The molecule has 0 atom stereocenters. The maximum absolute atomic E-state index is 11.1. The summed E-state index contributed by atoms with van der Waals surface area (Å²) in [6, 6.07) is 3.78. The highest BCUT2D eigenvalue weighted by atomic mass is 16.5. The van der Waals surface area contributed by atoms with Gasteiger partial charge < -0.3 is 14.0 Å². The molecule has 1 heterocycles. The molecule has 0 aliphatic carbocycles. The number of hydrogen-bond acceptors (Lipinski definition) is 4. The average Bonchev–Trinajstić information content (AvgIpc) is 2.79. The third kappa shape index (κ3) is 4.45. The van der Waals surface area contributed by atoms with Crippen molar-refractivity contribution in [3.05, 3.63) is 36.7 Å². The maximum atomic E-state index is 11.1. The largest absolute Gasteiger partial charge is 0.466 e. The van der Waals surface area contributed by atoms with E-state index in [1.807, 2.05) is 29.1 Å². The highest BCUT2D eigenvalue weighted by Crippen LogP contribution is 1.91. The topological polar surface area (TPSA) is 57.5 Å². The molecule has 0 spiro atoms. The van der Waals surface area contributed by atoms with E-state index in [0.29, 0.717) is 6.54 Å². The van der Waals surface area contributed by atoms with E-state index in [0.717, 1.165) is 12.2 Å². The number of carbonyl (C=O) groups excluding carboxylic acids is 2. The summed E-state index contributed by atoms with van der Waals surface area (Å²) in [5.74, 6) is -1.14. The summed E-state index contributed by atoms with van der Waals surface area (Å²) >= 11 is 0. The standard InChI is InChI=1S/C11H13NO4/c1-15-10(13)4-5-11(14)16-9-8-12-6-2-3-7-12/h2-7H,8-9H2,1H3. The van der Waals surface area contributed by atoms with Crippen LogP contribution in [0.4, 0.5) is 0 Å². The van der Waals surface area contributed by atoms with Gasteiger partial charge in [0.1, 0.15) is 6.61 Å². The molecule has 0 radical (unpaired) electrons. The summed E-state index contributed by atoms with van der Waals surface area (Å²) in [7, 11) is 1.24. The second-order valence-corrected chi connectivity index (χ2v) is 2.94. The summed E-state index contributed by atoms with van der Waals surface area (Å²) in [6.45, 7) is 0.851. The molecule has 86 valence electrons. The lowest BCUT2D eigenvalue weighted by molar-refractivity contribution is -0.139. The predicted octanol–water partition coefficient (Wildman–Crippen LogP) is 0.760. The van der Waals surface area contributed by atoms with Gasteiger partial charge in [0.05, 0.1) is 13.7 Å². The van der Waals surface area contributed by atoms with E-state index in [4.69, 9.17) is 4.74 Å². The third-order valence-corrected chi connectivity index (χ3v) is 1.82. The number of hydrogen-bond donors (Lipinski definition) is 0. The van der Waals surface area contributed by atoms with Crippen LogP contribution in [0, 0.1) is 0 Å². The predicted molar refractivity (Wildman–Crippen MR) is 56.5 cm³/mol. The van der Waals surface area contributed by atoms with Crippen LogP contribution in [0.1, 0.15) is 0 Å². The van der Waals surface area contributed by atoms with Crippen molar-refractivity contribution in [3.8, 4) is 0 Å². The second kappa shape index (κ2) is 6.44. The summed E-state index contributed by atoms with van der Waals surface area (Å²) in [5.41, 5.74) is 0. The fourth-order valence-corrected chi connectivity index (χ4v) is 1.02. The van der Waals surface area contributed by atoms with Crippen LogP contribution >= 0.6 is 0 Å². The van der Waals surface area contributed by atoms with Crippen molar-refractivity contribution in [2.45, 2.75) is 6.54 Å². The zero-order chi connectivity index (χ0) is 11.8. The molecular formula is C11H13NO4. The molecule has 0 saturated carbocycles. The Labute approximate surface area is 93.3 Å². The minimum absolute atomic E-state index is 0.263. The third-order valence-electron chi connectivity index (χ3n) is 1.82. The Hall–Kier alpha value is -2.04. The summed E-state index contributed by atoms with van der Waals surface area (Å²) < 4.78 is 11.1. The molecule has 0 unspecified atom stereocenters. The Morgan fingerprint density at radius 2 is 1.81 bits per heavy atom. The van der Waals surface area contributed by atoms with Gasteiger partial charge >= 0.3 is 11.9 Å². The van der Waals surface area contributed by atoms with E-state index in [2.05, 4.69) is 4.74 Å². The minimum Gasteiger partial charge on any atom is -0.466 e. The van der Waals surface area contributed by atoms with Gasteiger partial charge in [-0.25, -0.2) is 9.59 Å². The normalized spacial score (nSPS) is 10.3. The number of esters is 2. The van der Waals surface area contributed by atoms with Gasteiger partial charge in [-0.05, 0) is 12.1 Å². The molecule has 0 saturated heterocycles.